The normalized spacial score (nSPS) is 24.3. The molecule has 12 nitrogen and oxygen atoms in total. The number of rotatable bonds is 6. The average molecular weight is 543 g/mol. The molecule has 1 aromatic carbocycles. The number of aliphatic hydroxyl groups excluding tert-OH is 2. The number of methoxy groups -OCH3 is 1. The molecule has 4 heterocycles. The number of β-amino-alcohol motifs (C(OH)–C–C–N with tert-alkyl or cyclic N) is 1. The lowest BCUT2D eigenvalue weighted by molar-refractivity contribution is 0.00222. The lowest BCUT2D eigenvalue weighted by atomic mass is 9.90. The van der Waals surface area contributed by atoms with Crippen LogP contribution in [-0.4, -0.2) is 69.5 Å². The summed E-state index contributed by atoms with van der Waals surface area (Å²) < 4.78 is 35.8. The van der Waals surface area contributed by atoms with Gasteiger partial charge in [-0.1, -0.05) is 6.07 Å². The SMILES string of the molecule is COc1nc(-c2cc(F)ccc2[C@@H]2N=C(NOCC3NCC(O)C3O)c3c(C)nc(N)nc3C2F)ccc1N. The van der Waals surface area contributed by atoms with Crippen molar-refractivity contribution in [1.82, 2.24) is 25.7 Å². The van der Waals surface area contributed by atoms with Crippen molar-refractivity contribution in [3.8, 4) is 17.1 Å². The number of nitrogens with one attached hydrogen (secondary N) is 2. The molecule has 2 aliphatic rings. The smallest absolute Gasteiger partial charge is 0.237 e. The predicted octanol–water partition coefficient (Wildman–Crippen LogP) is 0.886. The van der Waals surface area contributed by atoms with E-state index in [4.69, 9.17) is 21.0 Å². The fraction of sp³-hybridized carbons (Fsp3) is 0.360. The molecule has 5 atom stereocenters. The second-order valence-corrected chi connectivity index (χ2v) is 9.26. The fourth-order valence-electron chi connectivity index (χ4n) is 4.74. The molecule has 8 N–H and O–H groups in total. The van der Waals surface area contributed by atoms with Crippen LogP contribution < -0.4 is 27.0 Å². The molecule has 0 aliphatic carbocycles. The summed E-state index contributed by atoms with van der Waals surface area (Å²) >= 11 is 0. The molecule has 14 heteroatoms. The van der Waals surface area contributed by atoms with Gasteiger partial charge in [0.15, 0.2) is 12.0 Å². The summed E-state index contributed by atoms with van der Waals surface area (Å²) in [7, 11) is 1.40. The van der Waals surface area contributed by atoms with Crippen molar-refractivity contribution in [2.24, 2.45) is 4.99 Å². The van der Waals surface area contributed by atoms with Gasteiger partial charge in [0.25, 0.3) is 0 Å². The Morgan fingerprint density at radius 1 is 1.15 bits per heavy atom. The summed E-state index contributed by atoms with van der Waals surface area (Å²) in [6.07, 6.45) is -3.71. The van der Waals surface area contributed by atoms with Crippen molar-refractivity contribution in [1.29, 1.82) is 0 Å². The number of hydrogen-bond acceptors (Lipinski definition) is 12. The van der Waals surface area contributed by atoms with Crippen LogP contribution >= 0.6 is 0 Å². The number of aromatic nitrogens is 3. The number of benzene rings is 1. The number of aliphatic imine (C=N–C) groups is 1. The number of pyridine rings is 1. The molecule has 2 aromatic heterocycles. The van der Waals surface area contributed by atoms with Gasteiger partial charge in [-0.05, 0) is 36.8 Å². The zero-order valence-corrected chi connectivity index (χ0v) is 21.1. The average Bonchev–Trinajstić information content (AvgIpc) is 3.22. The van der Waals surface area contributed by atoms with Crippen molar-refractivity contribution >= 4 is 17.5 Å². The molecule has 4 unspecified atom stereocenters. The van der Waals surface area contributed by atoms with E-state index in [-0.39, 0.29) is 53.3 Å². The van der Waals surface area contributed by atoms with Crippen LogP contribution in [0.2, 0.25) is 0 Å². The number of hydrogen-bond donors (Lipinski definition) is 6. The standard InChI is InChI=1S/C25H28F2N8O4/c1-10-18-21(34-25(29)31-10)19(27)20(33-23(18)35-39-9-16-22(37)17(36)8-30-16)12-4-3-11(26)7-13(12)15-6-5-14(28)24(32-15)38-2/h3-7,16-17,19-20,22,30,36-37H,8-9,28H2,1-2H3,(H,33,35)(H2,29,31,34)/t16?,17?,19?,20-,22?/m0/s1. The largest absolute Gasteiger partial charge is 0.480 e. The molecular formula is C25H28F2N8O4. The Bertz CT molecular complexity index is 1430. The molecule has 0 spiro atoms. The molecule has 1 fully saturated rings. The Kier molecular flexibility index (Phi) is 7.27. The van der Waals surface area contributed by atoms with Gasteiger partial charge in [0, 0.05) is 12.1 Å². The van der Waals surface area contributed by atoms with Gasteiger partial charge in [-0.15, -0.1) is 0 Å². The molecule has 5 rings (SSSR count). The number of ether oxygens (including phenoxy) is 1. The quantitative estimate of drug-likeness (QED) is 0.243. The topological polar surface area (TPSA) is 186 Å². The monoisotopic (exact) mass is 542 g/mol. The zero-order chi connectivity index (χ0) is 27.8. The van der Waals surface area contributed by atoms with Crippen LogP contribution in [0.15, 0.2) is 35.3 Å². The summed E-state index contributed by atoms with van der Waals surface area (Å²) in [5.41, 5.74) is 16.3. The van der Waals surface area contributed by atoms with Crippen LogP contribution in [0.1, 0.15) is 34.7 Å². The number of aliphatic hydroxyl groups is 2. The zero-order valence-electron chi connectivity index (χ0n) is 21.1. The number of hydroxylamine groups is 1. The highest BCUT2D eigenvalue weighted by molar-refractivity contribution is 6.01. The molecule has 39 heavy (non-hydrogen) atoms. The summed E-state index contributed by atoms with van der Waals surface area (Å²) in [5, 5.41) is 22.8. The van der Waals surface area contributed by atoms with E-state index in [2.05, 4.69) is 30.7 Å². The van der Waals surface area contributed by atoms with E-state index in [9.17, 15) is 14.6 Å². The highest BCUT2D eigenvalue weighted by atomic mass is 19.1. The van der Waals surface area contributed by atoms with Crippen molar-refractivity contribution in [3.63, 3.8) is 0 Å². The van der Waals surface area contributed by atoms with Gasteiger partial charge in [0.1, 0.15) is 11.9 Å². The third kappa shape index (κ3) is 5.06. The first-order valence-corrected chi connectivity index (χ1v) is 12.1. The third-order valence-corrected chi connectivity index (χ3v) is 6.70. The maximum Gasteiger partial charge on any atom is 0.237 e. The first-order chi connectivity index (χ1) is 18.7. The number of nitrogens with zero attached hydrogens (tertiary/aromatic N) is 4. The molecule has 0 amide bonds. The molecule has 1 saturated heterocycles. The van der Waals surface area contributed by atoms with Gasteiger partial charge >= 0.3 is 0 Å². The summed E-state index contributed by atoms with van der Waals surface area (Å²) in [6.45, 7) is 1.81. The molecule has 0 radical (unpaired) electrons. The lowest BCUT2D eigenvalue weighted by Gasteiger charge is -2.29. The van der Waals surface area contributed by atoms with Crippen molar-refractivity contribution in [3.05, 3.63) is 58.7 Å². The van der Waals surface area contributed by atoms with Gasteiger partial charge in [-0.25, -0.2) is 29.2 Å². The highest BCUT2D eigenvalue weighted by Crippen LogP contribution is 2.44. The van der Waals surface area contributed by atoms with Crippen molar-refractivity contribution in [2.45, 2.75) is 37.4 Å². The number of fused-ring (bicyclic) bond motifs is 1. The van der Waals surface area contributed by atoms with Crippen LogP contribution in [0.25, 0.3) is 11.3 Å². The van der Waals surface area contributed by atoms with Gasteiger partial charge in [-0.3, -0.25) is 9.83 Å². The fourth-order valence-corrected chi connectivity index (χ4v) is 4.74. The van der Waals surface area contributed by atoms with E-state index >= 15 is 4.39 Å². The minimum Gasteiger partial charge on any atom is -0.480 e. The Morgan fingerprint density at radius 2 is 1.95 bits per heavy atom. The molecule has 0 saturated carbocycles. The number of halogens is 2. The minimum absolute atomic E-state index is 0.0151. The van der Waals surface area contributed by atoms with Gasteiger partial charge in [0.05, 0.1) is 60.3 Å². The molecule has 0 bridgehead atoms. The second-order valence-electron chi connectivity index (χ2n) is 9.26. The highest BCUT2D eigenvalue weighted by Gasteiger charge is 2.38. The Morgan fingerprint density at radius 3 is 2.67 bits per heavy atom. The van der Waals surface area contributed by atoms with Crippen LogP contribution in [-0.2, 0) is 4.84 Å². The van der Waals surface area contributed by atoms with Crippen LogP contribution in [0.4, 0.5) is 20.4 Å². The number of nitrogen functional groups attached to an aromatic ring is 2. The Labute approximate surface area is 222 Å². The van der Waals surface area contributed by atoms with Crippen LogP contribution in [0, 0.1) is 12.7 Å². The van der Waals surface area contributed by atoms with E-state index in [1.807, 2.05) is 0 Å². The number of amidine groups is 1. The number of aryl methyl sites for hydroxylation is 1. The molecular weight excluding hydrogens is 514 g/mol. The van der Waals surface area contributed by atoms with E-state index in [0.717, 1.165) is 0 Å². The number of alkyl halides is 1. The minimum atomic E-state index is -1.78. The molecule has 206 valence electrons. The van der Waals surface area contributed by atoms with Gasteiger partial charge < -0.3 is 31.7 Å². The summed E-state index contributed by atoms with van der Waals surface area (Å²) in [6, 6.07) is 5.25. The Hall–Kier alpha value is -3.98. The second kappa shape index (κ2) is 10.6. The summed E-state index contributed by atoms with van der Waals surface area (Å²) in [5.74, 6) is -0.425. The first-order valence-electron chi connectivity index (χ1n) is 12.1. The van der Waals surface area contributed by atoms with E-state index < -0.39 is 36.3 Å². The van der Waals surface area contributed by atoms with E-state index in [1.165, 1.54) is 25.3 Å². The van der Waals surface area contributed by atoms with Gasteiger partial charge in [0.2, 0.25) is 11.8 Å². The lowest BCUT2D eigenvalue weighted by Crippen LogP contribution is -2.41. The maximum absolute atomic E-state index is 16.2. The first kappa shape index (κ1) is 26.6. The van der Waals surface area contributed by atoms with Crippen LogP contribution in [0.5, 0.6) is 5.88 Å². The molecule has 2 aliphatic heterocycles. The van der Waals surface area contributed by atoms with Crippen LogP contribution in [0.3, 0.4) is 0 Å². The van der Waals surface area contributed by atoms with Crippen molar-refractivity contribution in [2.75, 3.05) is 31.7 Å². The van der Waals surface area contributed by atoms with E-state index in [1.54, 1.807) is 19.1 Å². The maximum atomic E-state index is 16.2. The summed E-state index contributed by atoms with van der Waals surface area (Å²) in [4.78, 5) is 22.8. The Balaban J connectivity index is 1.55. The predicted molar refractivity (Wildman–Crippen MR) is 138 cm³/mol. The molecule has 3 aromatic rings. The van der Waals surface area contributed by atoms with E-state index in [0.29, 0.717) is 17.0 Å². The number of nitrogens with two attached hydrogens (primary N) is 2. The van der Waals surface area contributed by atoms with Gasteiger partial charge in [-0.2, -0.15) is 0 Å². The number of anilines is 2. The van der Waals surface area contributed by atoms with Crippen molar-refractivity contribution < 1.29 is 28.6 Å². The third-order valence-electron chi connectivity index (χ3n) is 6.70.